The van der Waals surface area contributed by atoms with Gasteiger partial charge < -0.3 is 14.0 Å². The number of carbonyl (C=O) groups excluding carboxylic acids is 1. The summed E-state index contributed by atoms with van der Waals surface area (Å²) in [5, 5.41) is 0. The Balaban J connectivity index is 1.63. The van der Waals surface area contributed by atoms with Gasteiger partial charge in [0.2, 0.25) is 6.79 Å². The van der Waals surface area contributed by atoms with Crippen LogP contribution in [0.1, 0.15) is 5.56 Å². The Morgan fingerprint density at radius 3 is 2.96 bits per heavy atom. The standard InChI is InChI=1S/C17H13BrN2O3S/c1-20-12-4-3-11(18)8-15(12)24-17(20)19-16(21)7-10-2-5-13-14(6-10)23-9-22-13/h2-6,8H,7,9H2,1H3. The van der Waals surface area contributed by atoms with Crippen LogP contribution in [-0.2, 0) is 18.3 Å². The number of fused-ring (bicyclic) bond motifs is 2. The highest BCUT2D eigenvalue weighted by atomic mass is 79.9. The summed E-state index contributed by atoms with van der Waals surface area (Å²) in [6.07, 6.45) is 0.231. The van der Waals surface area contributed by atoms with Gasteiger partial charge in [-0.1, -0.05) is 33.3 Å². The van der Waals surface area contributed by atoms with E-state index < -0.39 is 0 Å². The summed E-state index contributed by atoms with van der Waals surface area (Å²) in [6, 6.07) is 11.5. The van der Waals surface area contributed by atoms with E-state index in [-0.39, 0.29) is 19.1 Å². The number of nitrogens with zero attached hydrogens (tertiary/aromatic N) is 2. The van der Waals surface area contributed by atoms with Crippen LogP contribution in [-0.4, -0.2) is 17.3 Å². The third-order valence-electron chi connectivity index (χ3n) is 3.78. The number of aryl methyl sites for hydroxylation is 1. The number of amides is 1. The lowest BCUT2D eigenvalue weighted by Crippen LogP contribution is -2.14. The third kappa shape index (κ3) is 2.85. The van der Waals surface area contributed by atoms with Crippen LogP contribution in [0.5, 0.6) is 11.5 Å². The third-order valence-corrected chi connectivity index (χ3v) is 5.37. The molecule has 4 rings (SSSR count). The van der Waals surface area contributed by atoms with E-state index in [1.54, 1.807) is 0 Å². The van der Waals surface area contributed by atoms with Crippen LogP contribution in [0.25, 0.3) is 10.2 Å². The monoisotopic (exact) mass is 404 g/mol. The molecule has 0 radical (unpaired) electrons. The van der Waals surface area contributed by atoms with Gasteiger partial charge in [-0.25, -0.2) is 0 Å². The minimum Gasteiger partial charge on any atom is -0.454 e. The number of carbonyl (C=O) groups is 1. The number of hydrogen-bond acceptors (Lipinski definition) is 4. The van der Waals surface area contributed by atoms with Crippen molar-refractivity contribution in [3.05, 3.63) is 51.2 Å². The van der Waals surface area contributed by atoms with Gasteiger partial charge >= 0.3 is 0 Å². The SMILES string of the molecule is Cn1c(=NC(=O)Cc2ccc3c(c2)OCO3)sc2cc(Br)ccc21. The second-order valence-corrected chi connectivity index (χ2v) is 7.35. The molecule has 7 heteroatoms. The zero-order valence-corrected chi connectivity index (χ0v) is 15.2. The number of benzene rings is 2. The van der Waals surface area contributed by atoms with E-state index >= 15 is 0 Å². The van der Waals surface area contributed by atoms with E-state index in [0.29, 0.717) is 16.3 Å². The molecule has 0 bridgehead atoms. The van der Waals surface area contributed by atoms with Crippen molar-refractivity contribution in [1.82, 2.24) is 4.57 Å². The van der Waals surface area contributed by atoms with Crippen LogP contribution in [0.3, 0.4) is 0 Å². The van der Waals surface area contributed by atoms with Gasteiger partial charge in [-0.3, -0.25) is 4.79 Å². The number of aromatic nitrogens is 1. The fourth-order valence-corrected chi connectivity index (χ4v) is 4.17. The first-order valence-corrected chi connectivity index (χ1v) is 8.92. The highest BCUT2D eigenvalue weighted by Crippen LogP contribution is 2.32. The van der Waals surface area contributed by atoms with Crippen molar-refractivity contribution in [2.75, 3.05) is 6.79 Å². The van der Waals surface area contributed by atoms with Gasteiger partial charge in [0.1, 0.15) is 0 Å². The first kappa shape index (κ1) is 15.4. The summed E-state index contributed by atoms with van der Waals surface area (Å²) in [5.41, 5.74) is 1.91. The number of hydrogen-bond donors (Lipinski definition) is 0. The lowest BCUT2D eigenvalue weighted by molar-refractivity contribution is -0.117. The molecular weight excluding hydrogens is 392 g/mol. The number of halogens is 1. The highest BCUT2D eigenvalue weighted by Gasteiger charge is 2.14. The van der Waals surface area contributed by atoms with E-state index in [9.17, 15) is 4.79 Å². The first-order valence-electron chi connectivity index (χ1n) is 7.31. The summed E-state index contributed by atoms with van der Waals surface area (Å²) >= 11 is 4.96. The van der Waals surface area contributed by atoms with Gasteiger partial charge in [-0.2, -0.15) is 4.99 Å². The summed E-state index contributed by atoms with van der Waals surface area (Å²) in [4.78, 5) is 17.3. The van der Waals surface area contributed by atoms with Crippen LogP contribution >= 0.6 is 27.3 Å². The quantitative estimate of drug-likeness (QED) is 0.657. The normalized spacial score (nSPS) is 13.7. The molecule has 2 heterocycles. The predicted molar refractivity (Wildman–Crippen MR) is 95.3 cm³/mol. The summed E-state index contributed by atoms with van der Waals surface area (Å²) in [7, 11) is 1.92. The van der Waals surface area contributed by atoms with Gasteiger partial charge in [0.05, 0.1) is 16.6 Å². The molecule has 0 aliphatic carbocycles. The van der Waals surface area contributed by atoms with Crippen molar-refractivity contribution in [2.24, 2.45) is 12.0 Å². The second kappa shape index (κ2) is 6.07. The second-order valence-electron chi connectivity index (χ2n) is 5.43. The van der Waals surface area contributed by atoms with Crippen LogP contribution in [0.2, 0.25) is 0 Å². The molecule has 0 spiro atoms. The molecule has 3 aromatic rings. The zero-order chi connectivity index (χ0) is 16.7. The molecule has 0 saturated carbocycles. The Hall–Kier alpha value is -2.12. The fourth-order valence-electron chi connectivity index (χ4n) is 2.59. The van der Waals surface area contributed by atoms with E-state index in [1.807, 2.05) is 48.0 Å². The van der Waals surface area contributed by atoms with Crippen molar-refractivity contribution in [3.63, 3.8) is 0 Å². The first-order chi connectivity index (χ1) is 11.6. The van der Waals surface area contributed by atoms with E-state index in [2.05, 4.69) is 20.9 Å². The lowest BCUT2D eigenvalue weighted by atomic mass is 10.1. The molecule has 1 amide bonds. The molecule has 5 nitrogen and oxygen atoms in total. The summed E-state index contributed by atoms with van der Waals surface area (Å²) in [6.45, 7) is 0.226. The minimum absolute atomic E-state index is 0.185. The van der Waals surface area contributed by atoms with Crippen molar-refractivity contribution in [2.45, 2.75) is 6.42 Å². The Morgan fingerprint density at radius 2 is 2.08 bits per heavy atom. The molecule has 1 aliphatic rings. The molecule has 1 aromatic heterocycles. The molecule has 0 unspecified atom stereocenters. The smallest absolute Gasteiger partial charge is 0.252 e. The van der Waals surface area contributed by atoms with Crippen LogP contribution < -0.4 is 14.3 Å². The number of thiazole rings is 1. The molecule has 0 saturated heterocycles. The number of rotatable bonds is 2. The fraction of sp³-hybridized carbons (Fsp3) is 0.176. The zero-order valence-electron chi connectivity index (χ0n) is 12.8. The summed E-state index contributed by atoms with van der Waals surface area (Å²) in [5.74, 6) is 1.21. The molecular formula is C17H13BrN2O3S. The van der Waals surface area contributed by atoms with Crippen molar-refractivity contribution < 1.29 is 14.3 Å². The van der Waals surface area contributed by atoms with Crippen LogP contribution in [0.15, 0.2) is 45.9 Å². The molecule has 1 aliphatic heterocycles. The van der Waals surface area contributed by atoms with Crippen LogP contribution in [0, 0.1) is 0 Å². The van der Waals surface area contributed by atoms with Crippen LogP contribution in [0.4, 0.5) is 0 Å². The summed E-state index contributed by atoms with van der Waals surface area (Å²) < 4.78 is 14.6. The average molecular weight is 405 g/mol. The molecule has 24 heavy (non-hydrogen) atoms. The Kier molecular flexibility index (Phi) is 3.90. The maximum absolute atomic E-state index is 12.3. The topological polar surface area (TPSA) is 52.8 Å². The van der Waals surface area contributed by atoms with Gasteiger partial charge in [-0.05, 0) is 35.9 Å². The van der Waals surface area contributed by atoms with E-state index in [0.717, 1.165) is 20.3 Å². The molecule has 0 fully saturated rings. The van der Waals surface area contributed by atoms with Gasteiger partial charge in [0.25, 0.3) is 5.91 Å². The maximum atomic E-state index is 12.3. The largest absolute Gasteiger partial charge is 0.454 e. The van der Waals surface area contributed by atoms with E-state index in [4.69, 9.17) is 9.47 Å². The predicted octanol–water partition coefficient (Wildman–Crippen LogP) is 3.40. The Morgan fingerprint density at radius 1 is 1.25 bits per heavy atom. The maximum Gasteiger partial charge on any atom is 0.252 e. The van der Waals surface area contributed by atoms with Crippen molar-refractivity contribution in [1.29, 1.82) is 0 Å². The van der Waals surface area contributed by atoms with Gasteiger partial charge in [-0.15, -0.1) is 0 Å². The minimum atomic E-state index is -0.185. The van der Waals surface area contributed by atoms with E-state index in [1.165, 1.54) is 11.3 Å². The van der Waals surface area contributed by atoms with Gasteiger partial charge in [0.15, 0.2) is 16.3 Å². The Labute approximate surface area is 150 Å². The Bertz CT molecular complexity index is 1020. The number of ether oxygens (including phenoxy) is 2. The average Bonchev–Trinajstić information content (AvgIpc) is 3.12. The molecule has 0 atom stereocenters. The lowest BCUT2D eigenvalue weighted by Gasteiger charge is -2.00. The van der Waals surface area contributed by atoms with Crippen molar-refractivity contribution in [3.8, 4) is 11.5 Å². The van der Waals surface area contributed by atoms with Crippen molar-refractivity contribution >= 4 is 43.4 Å². The molecule has 2 aromatic carbocycles. The molecule has 0 N–H and O–H groups in total. The van der Waals surface area contributed by atoms with Gasteiger partial charge in [0, 0.05) is 11.5 Å². The highest BCUT2D eigenvalue weighted by molar-refractivity contribution is 9.10. The molecule has 122 valence electrons.